The van der Waals surface area contributed by atoms with E-state index in [2.05, 4.69) is 0 Å². The quantitative estimate of drug-likeness (QED) is 0.453. The zero-order valence-electron chi connectivity index (χ0n) is 10.8. The van der Waals surface area contributed by atoms with Crippen LogP contribution < -0.4 is 0 Å². The molecular weight excluding hydrogens is 230 g/mol. The first-order valence-corrected chi connectivity index (χ1v) is 5.69. The molecular formula is C14H17NO3. The first kappa shape index (κ1) is 14.0. The molecule has 0 aliphatic heterocycles. The Balaban J connectivity index is 2.94. The van der Waals surface area contributed by atoms with E-state index in [1.165, 1.54) is 0 Å². The molecule has 0 bridgehead atoms. The summed E-state index contributed by atoms with van der Waals surface area (Å²) < 4.78 is 4.89. The lowest BCUT2D eigenvalue weighted by molar-refractivity contribution is -0.103. The van der Waals surface area contributed by atoms with E-state index in [-0.39, 0.29) is 5.97 Å². The smallest absolute Gasteiger partial charge is 0.338 e. The predicted octanol–water partition coefficient (Wildman–Crippen LogP) is 1.96. The molecule has 0 fully saturated rings. The fraction of sp³-hybridized carbons (Fsp3) is 0.286. The lowest BCUT2D eigenvalue weighted by Crippen LogP contribution is -2.05. The number of hydrogen-bond acceptors (Lipinski definition) is 4. The van der Waals surface area contributed by atoms with Gasteiger partial charge in [0, 0.05) is 25.9 Å². The average Bonchev–Trinajstić information content (AvgIpc) is 2.36. The van der Waals surface area contributed by atoms with Crippen molar-refractivity contribution in [3.63, 3.8) is 0 Å². The van der Waals surface area contributed by atoms with Gasteiger partial charge in [-0.1, -0.05) is 12.1 Å². The molecule has 1 rings (SSSR count). The topological polar surface area (TPSA) is 46.6 Å². The van der Waals surface area contributed by atoms with E-state index in [4.69, 9.17) is 4.74 Å². The molecule has 0 spiro atoms. The first-order chi connectivity index (χ1) is 8.58. The number of benzene rings is 1. The van der Waals surface area contributed by atoms with Gasteiger partial charge in [-0.3, -0.25) is 4.79 Å². The molecule has 0 aromatic heterocycles. The van der Waals surface area contributed by atoms with Gasteiger partial charge in [0.1, 0.15) is 0 Å². The number of ether oxygens (including phenoxy) is 1. The monoisotopic (exact) mass is 247 g/mol. The van der Waals surface area contributed by atoms with Crippen LogP contribution in [0.2, 0.25) is 0 Å². The third kappa shape index (κ3) is 3.73. The SMILES string of the molecule is CCOC(=O)c1ccc(/C(C=O)=C\N(C)C)cc1. The second-order valence-corrected chi connectivity index (χ2v) is 3.96. The first-order valence-electron chi connectivity index (χ1n) is 5.69. The Morgan fingerprint density at radius 1 is 1.22 bits per heavy atom. The largest absolute Gasteiger partial charge is 0.462 e. The van der Waals surface area contributed by atoms with Crippen LogP contribution in [0.15, 0.2) is 30.5 Å². The van der Waals surface area contributed by atoms with Crippen LogP contribution in [-0.2, 0) is 9.53 Å². The highest BCUT2D eigenvalue weighted by Crippen LogP contribution is 2.14. The second-order valence-electron chi connectivity index (χ2n) is 3.96. The summed E-state index contributed by atoms with van der Waals surface area (Å²) in [6.45, 7) is 2.11. The van der Waals surface area contributed by atoms with E-state index in [1.54, 1.807) is 42.3 Å². The minimum Gasteiger partial charge on any atom is -0.462 e. The molecule has 1 aromatic rings. The van der Waals surface area contributed by atoms with Crippen LogP contribution in [0, 0.1) is 0 Å². The van der Waals surface area contributed by atoms with Gasteiger partial charge in [-0.25, -0.2) is 4.79 Å². The van der Waals surface area contributed by atoms with Crippen LogP contribution in [-0.4, -0.2) is 37.9 Å². The van der Waals surface area contributed by atoms with Gasteiger partial charge in [-0.2, -0.15) is 0 Å². The van der Waals surface area contributed by atoms with E-state index in [0.717, 1.165) is 11.8 Å². The molecule has 18 heavy (non-hydrogen) atoms. The number of aldehydes is 1. The standard InChI is InChI=1S/C14H17NO3/c1-4-18-14(17)12-7-5-11(6-8-12)13(10-16)9-15(2)3/h5-10H,4H2,1-3H3/b13-9-. The van der Waals surface area contributed by atoms with Crippen molar-refractivity contribution in [2.45, 2.75) is 6.92 Å². The van der Waals surface area contributed by atoms with Gasteiger partial charge in [-0.05, 0) is 24.6 Å². The van der Waals surface area contributed by atoms with Crippen LogP contribution >= 0.6 is 0 Å². The Labute approximate surface area is 107 Å². The lowest BCUT2D eigenvalue weighted by Gasteiger charge is -2.08. The molecule has 1 aromatic carbocycles. The van der Waals surface area contributed by atoms with E-state index in [1.807, 2.05) is 14.1 Å². The Kier molecular flexibility index (Phi) is 5.11. The normalized spacial score (nSPS) is 10.9. The minimum absolute atomic E-state index is 0.348. The molecule has 96 valence electrons. The van der Waals surface area contributed by atoms with Crippen LogP contribution in [0.5, 0.6) is 0 Å². The summed E-state index contributed by atoms with van der Waals surface area (Å²) >= 11 is 0. The molecule has 0 aliphatic carbocycles. The van der Waals surface area contributed by atoms with Crippen molar-refractivity contribution in [1.82, 2.24) is 4.90 Å². The van der Waals surface area contributed by atoms with Crippen molar-refractivity contribution in [2.24, 2.45) is 0 Å². The van der Waals surface area contributed by atoms with Crippen LogP contribution in [0.1, 0.15) is 22.8 Å². The molecule has 0 atom stereocenters. The number of esters is 1. The molecule has 0 aliphatic rings. The maximum atomic E-state index is 11.5. The third-order valence-electron chi connectivity index (χ3n) is 2.25. The van der Waals surface area contributed by atoms with E-state index in [9.17, 15) is 9.59 Å². The lowest BCUT2D eigenvalue weighted by atomic mass is 10.1. The number of carbonyl (C=O) groups is 2. The van der Waals surface area contributed by atoms with Crippen molar-refractivity contribution in [3.05, 3.63) is 41.6 Å². The van der Waals surface area contributed by atoms with Crippen molar-refractivity contribution in [2.75, 3.05) is 20.7 Å². The summed E-state index contributed by atoms with van der Waals surface area (Å²) in [5, 5.41) is 0. The Hall–Kier alpha value is -2.10. The van der Waals surface area contributed by atoms with Gasteiger partial charge < -0.3 is 9.64 Å². The van der Waals surface area contributed by atoms with Crippen LogP contribution in [0.3, 0.4) is 0 Å². The molecule has 0 heterocycles. The van der Waals surface area contributed by atoms with Gasteiger partial charge >= 0.3 is 5.97 Å². The number of rotatable bonds is 5. The Bertz CT molecular complexity index is 447. The number of hydrogen-bond donors (Lipinski definition) is 0. The van der Waals surface area contributed by atoms with Gasteiger partial charge in [-0.15, -0.1) is 0 Å². The summed E-state index contributed by atoms with van der Waals surface area (Å²) in [7, 11) is 3.69. The van der Waals surface area contributed by atoms with Crippen molar-refractivity contribution in [1.29, 1.82) is 0 Å². The molecule has 0 radical (unpaired) electrons. The number of allylic oxidation sites excluding steroid dienone is 1. The van der Waals surface area contributed by atoms with E-state index in [0.29, 0.717) is 17.7 Å². The summed E-state index contributed by atoms with van der Waals surface area (Å²) in [6.07, 6.45) is 2.52. The molecule has 0 N–H and O–H groups in total. The van der Waals surface area contributed by atoms with Gasteiger partial charge in [0.05, 0.1) is 12.2 Å². The Morgan fingerprint density at radius 2 is 1.78 bits per heavy atom. The minimum atomic E-state index is -0.353. The summed E-state index contributed by atoms with van der Waals surface area (Å²) in [5.74, 6) is -0.353. The van der Waals surface area contributed by atoms with E-state index >= 15 is 0 Å². The zero-order valence-corrected chi connectivity index (χ0v) is 10.8. The summed E-state index contributed by atoms with van der Waals surface area (Å²) in [4.78, 5) is 24.2. The Morgan fingerprint density at radius 3 is 2.22 bits per heavy atom. The van der Waals surface area contributed by atoms with Gasteiger partial charge in [0.15, 0.2) is 6.29 Å². The highest BCUT2D eigenvalue weighted by Gasteiger charge is 2.07. The molecule has 4 heteroatoms. The molecule has 0 amide bonds. The second kappa shape index (κ2) is 6.59. The van der Waals surface area contributed by atoms with Gasteiger partial charge in [0.2, 0.25) is 0 Å². The van der Waals surface area contributed by atoms with Crippen molar-refractivity contribution in [3.8, 4) is 0 Å². The maximum Gasteiger partial charge on any atom is 0.338 e. The average molecular weight is 247 g/mol. The number of carbonyl (C=O) groups excluding carboxylic acids is 2. The maximum absolute atomic E-state index is 11.5. The molecule has 4 nitrogen and oxygen atoms in total. The fourth-order valence-corrected chi connectivity index (χ4v) is 1.46. The summed E-state index contributed by atoms with van der Waals surface area (Å²) in [6, 6.07) is 6.77. The molecule has 0 unspecified atom stereocenters. The molecule has 0 saturated carbocycles. The fourth-order valence-electron chi connectivity index (χ4n) is 1.46. The zero-order chi connectivity index (χ0) is 13.5. The predicted molar refractivity (Wildman–Crippen MR) is 70.1 cm³/mol. The molecule has 0 saturated heterocycles. The number of nitrogens with zero attached hydrogens (tertiary/aromatic N) is 1. The highest BCUT2D eigenvalue weighted by molar-refractivity contribution is 6.06. The van der Waals surface area contributed by atoms with Crippen LogP contribution in [0.25, 0.3) is 5.57 Å². The van der Waals surface area contributed by atoms with Crippen LogP contribution in [0.4, 0.5) is 0 Å². The van der Waals surface area contributed by atoms with Crippen molar-refractivity contribution < 1.29 is 14.3 Å². The van der Waals surface area contributed by atoms with Gasteiger partial charge in [0.25, 0.3) is 0 Å². The van der Waals surface area contributed by atoms with Crippen molar-refractivity contribution >= 4 is 17.8 Å². The highest BCUT2D eigenvalue weighted by atomic mass is 16.5. The third-order valence-corrected chi connectivity index (χ3v) is 2.25. The summed E-state index contributed by atoms with van der Waals surface area (Å²) in [5.41, 5.74) is 1.82. The van der Waals surface area contributed by atoms with E-state index < -0.39 is 0 Å².